The number of H-pyrrole nitrogens is 1. The van der Waals surface area contributed by atoms with E-state index in [2.05, 4.69) is 16.4 Å². The van der Waals surface area contributed by atoms with Gasteiger partial charge >= 0.3 is 0 Å². The summed E-state index contributed by atoms with van der Waals surface area (Å²) in [6.45, 7) is 0.416. The SMILES string of the molecule is COc1ccc(-c2[nH]c3ccccc3c2CCC(=O)NCCc2ccccc2F)cc1. The summed E-state index contributed by atoms with van der Waals surface area (Å²) in [7, 11) is 1.65. The molecule has 0 aliphatic carbocycles. The van der Waals surface area contributed by atoms with Crippen LogP contribution in [-0.4, -0.2) is 24.5 Å². The Hall–Kier alpha value is -3.60. The number of amides is 1. The Balaban J connectivity index is 1.46. The van der Waals surface area contributed by atoms with Crippen molar-refractivity contribution in [3.8, 4) is 17.0 Å². The van der Waals surface area contributed by atoms with Gasteiger partial charge in [0, 0.05) is 29.6 Å². The van der Waals surface area contributed by atoms with Crippen LogP contribution < -0.4 is 10.1 Å². The second kappa shape index (κ2) is 9.47. The van der Waals surface area contributed by atoms with E-state index in [0.29, 0.717) is 31.4 Å². The Morgan fingerprint density at radius 3 is 2.48 bits per heavy atom. The van der Waals surface area contributed by atoms with Crippen LogP contribution in [-0.2, 0) is 17.6 Å². The highest BCUT2D eigenvalue weighted by Gasteiger charge is 2.14. The minimum Gasteiger partial charge on any atom is -0.497 e. The highest BCUT2D eigenvalue weighted by molar-refractivity contribution is 5.91. The molecule has 0 saturated carbocycles. The third-order valence-corrected chi connectivity index (χ3v) is 5.47. The van der Waals surface area contributed by atoms with Crippen molar-refractivity contribution in [3.63, 3.8) is 0 Å². The van der Waals surface area contributed by atoms with E-state index in [-0.39, 0.29) is 11.7 Å². The Bertz CT molecular complexity index is 1180. The van der Waals surface area contributed by atoms with Crippen LogP contribution in [0.3, 0.4) is 0 Å². The molecule has 31 heavy (non-hydrogen) atoms. The van der Waals surface area contributed by atoms with Gasteiger partial charge in [-0.25, -0.2) is 4.39 Å². The lowest BCUT2D eigenvalue weighted by atomic mass is 10.0. The molecule has 1 aromatic heterocycles. The topological polar surface area (TPSA) is 54.1 Å². The number of methoxy groups -OCH3 is 1. The number of fused-ring (bicyclic) bond motifs is 1. The minimum atomic E-state index is -0.236. The summed E-state index contributed by atoms with van der Waals surface area (Å²) in [6, 6.07) is 22.7. The number of aromatic nitrogens is 1. The van der Waals surface area contributed by atoms with Crippen molar-refractivity contribution in [2.75, 3.05) is 13.7 Å². The number of ether oxygens (including phenoxy) is 1. The van der Waals surface area contributed by atoms with Crippen molar-refractivity contribution in [1.82, 2.24) is 10.3 Å². The van der Waals surface area contributed by atoms with Crippen LogP contribution in [0.2, 0.25) is 0 Å². The maximum absolute atomic E-state index is 13.7. The predicted molar refractivity (Wildman–Crippen MR) is 122 cm³/mol. The molecule has 0 atom stereocenters. The second-order valence-corrected chi connectivity index (χ2v) is 7.44. The van der Waals surface area contributed by atoms with E-state index in [1.54, 1.807) is 25.3 Å². The zero-order valence-electron chi connectivity index (χ0n) is 17.5. The average molecular weight is 416 g/mol. The second-order valence-electron chi connectivity index (χ2n) is 7.44. The average Bonchev–Trinajstić information content (AvgIpc) is 3.17. The number of halogens is 1. The third kappa shape index (κ3) is 4.77. The van der Waals surface area contributed by atoms with Gasteiger partial charge in [0.15, 0.2) is 0 Å². The van der Waals surface area contributed by atoms with Gasteiger partial charge in [-0.3, -0.25) is 4.79 Å². The lowest BCUT2D eigenvalue weighted by Crippen LogP contribution is -2.26. The predicted octanol–water partition coefficient (Wildman–Crippen LogP) is 5.27. The molecule has 0 saturated heterocycles. The largest absolute Gasteiger partial charge is 0.497 e. The summed E-state index contributed by atoms with van der Waals surface area (Å²) in [4.78, 5) is 15.9. The Morgan fingerprint density at radius 2 is 1.71 bits per heavy atom. The van der Waals surface area contributed by atoms with Crippen molar-refractivity contribution in [2.45, 2.75) is 19.3 Å². The molecule has 0 spiro atoms. The van der Waals surface area contributed by atoms with Crippen molar-refractivity contribution < 1.29 is 13.9 Å². The summed E-state index contributed by atoms with van der Waals surface area (Å²) in [5, 5.41) is 4.03. The number of carbonyl (C=O) groups is 1. The molecule has 1 amide bonds. The zero-order chi connectivity index (χ0) is 21.6. The van der Waals surface area contributed by atoms with Gasteiger partial charge in [-0.1, -0.05) is 36.4 Å². The molecule has 0 fully saturated rings. The summed E-state index contributed by atoms with van der Waals surface area (Å²) in [6.07, 6.45) is 1.45. The first-order valence-corrected chi connectivity index (χ1v) is 10.4. The number of hydrogen-bond acceptors (Lipinski definition) is 2. The Morgan fingerprint density at radius 1 is 0.968 bits per heavy atom. The standard InChI is InChI=1S/C26H25FN2O2/c1-31-20-12-10-19(11-13-20)26-22(21-7-3-5-9-24(21)29-26)14-15-25(30)28-17-16-18-6-2-4-8-23(18)27/h2-13,29H,14-17H2,1H3,(H,28,30). The molecule has 0 aliphatic rings. The van der Waals surface area contributed by atoms with E-state index >= 15 is 0 Å². The van der Waals surface area contributed by atoms with E-state index in [9.17, 15) is 9.18 Å². The number of nitrogens with one attached hydrogen (secondary N) is 2. The third-order valence-electron chi connectivity index (χ3n) is 5.47. The Labute approximate surface area is 181 Å². The van der Waals surface area contributed by atoms with E-state index in [0.717, 1.165) is 33.5 Å². The van der Waals surface area contributed by atoms with E-state index < -0.39 is 0 Å². The van der Waals surface area contributed by atoms with Gasteiger partial charge in [0.25, 0.3) is 0 Å². The fourth-order valence-electron chi connectivity index (χ4n) is 3.83. The van der Waals surface area contributed by atoms with Crippen LogP contribution in [0.25, 0.3) is 22.2 Å². The summed E-state index contributed by atoms with van der Waals surface area (Å²) in [5.41, 5.74) is 4.84. The zero-order valence-corrected chi connectivity index (χ0v) is 17.5. The number of aryl methyl sites for hydroxylation is 1. The van der Waals surface area contributed by atoms with Crippen molar-refractivity contribution in [3.05, 3.63) is 89.7 Å². The lowest BCUT2D eigenvalue weighted by molar-refractivity contribution is -0.121. The molecule has 158 valence electrons. The number of para-hydroxylation sites is 1. The van der Waals surface area contributed by atoms with E-state index in [1.165, 1.54) is 6.07 Å². The van der Waals surface area contributed by atoms with Gasteiger partial charge in [0.1, 0.15) is 11.6 Å². The Kier molecular flexibility index (Phi) is 6.32. The molecular formula is C26H25FN2O2. The molecular weight excluding hydrogens is 391 g/mol. The van der Waals surface area contributed by atoms with Gasteiger partial charge in [-0.05, 0) is 65.9 Å². The smallest absolute Gasteiger partial charge is 0.220 e. The number of benzene rings is 3. The van der Waals surface area contributed by atoms with Gasteiger partial charge in [-0.2, -0.15) is 0 Å². The van der Waals surface area contributed by atoms with E-state index in [4.69, 9.17) is 4.74 Å². The summed E-state index contributed by atoms with van der Waals surface area (Å²) in [5.74, 6) is 0.526. The maximum Gasteiger partial charge on any atom is 0.220 e. The first kappa shape index (κ1) is 20.7. The first-order chi connectivity index (χ1) is 15.2. The molecule has 4 rings (SSSR count). The molecule has 4 aromatic rings. The van der Waals surface area contributed by atoms with Crippen molar-refractivity contribution >= 4 is 16.8 Å². The molecule has 2 N–H and O–H groups in total. The number of rotatable bonds is 8. The van der Waals surface area contributed by atoms with Crippen LogP contribution in [0.15, 0.2) is 72.8 Å². The molecule has 0 unspecified atom stereocenters. The van der Waals surface area contributed by atoms with Gasteiger partial charge in [0.05, 0.1) is 7.11 Å². The van der Waals surface area contributed by atoms with Crippen molar-refractivity contribution in [1.29, 1.82) is 0 Å². The normalized spacial score (nSPS) is 10.9. The number of aromatic amines is 1. The quantitative estimate of drug-likeness (QED) is 0.411. The number of hydrogen-bond donors (Lipinski definition) is 2. The van der Waals surface area contributed by atoms with Crippen LogP contribution in [0.5, 0.6) is 5.75 Å². The van der Waals surface area contributed by atoms with Gasteiger partial charge in [0.2, 0.25) is 5.91 Å². The first-order valence-electron chi connectivity index (χ1n) is 10.4. The summed E-state index contributed by atoms with van der Waals surface area (Å²) >= 11 is 0. The van der Waals surface area contributed by atoms with Crippen LogP contribution in [0.4, 0.5) is 4.39 Å². The van der Waals surface area contributed by atoms with Crippen LogP contribution in [0.1, 0.15) is 17.5 Å². The summed E-state index contributed by atoms with van der Waals surface area (Å²) < 4.78 is 19.0. The molecule has 4 nitrogen and oxygen atoms in total. The highest BCUT2D eigenvalue weighted by atomic mass is 19.1. The molecule has 3 aromatic carbocycles. The number of carbonyl (C=O) groups excluding carboxylic acids is 1. The highest BCUT2D eigenvalue weighted by Crippen LogP contribution is 2.32. The minimum absolute atomic E-state index is 0.0395. The van der Waals surface area contributed by atoms with Crippen LogP contribution >= 0.6 is 0 Å². The monoisotopic (exact) mass is 416 g/mol. The van der Waals surface area contributed by atoms with E-state index in [1.807, 2.05) is 42.5 Å². The fourth-order valence-corrected chi connectivity index (χ4v) is 3.83. The van der Waals surface area contributed by atoms with Crippen molar-refractivity contribution in [2.24, 2.45) is 0 Å². The molecule has 0 aliphatic heterocycles. The molecule has 5 heteroatoms. The van der Waals surface area contributed by atoms with Gasteiger partial charge < -0.3 is 15.0 Å². The molecule has 1 heterocycles. The molecule has 0 radical (unpaired) electrons. The lowest BCUT2D eigenvalue weighted by Gasteiger charge is -2.08. The molecule has 0 bridgehead atoms. The maximum atomic E-state index is 13.7. The van der Waals surface area contributed by atoms with Gasteiger partial charge in [-0.15, -0.1) is 0 Å². The van der Waals surface area contributed by atoms with Crippen LogP contribution in [0, 0.1) is 5.82 Å². The fraction of sp³-hybridized carbons (Fsp3) is 0.192.